The van der Waals surface area contributed by atoms with Gasteiger partial charge in [-0.1, -0.05) is 38.1 Å². The third-order valence-corrected chi connectivity index (χ3v) is 4.01. The van der Waals surface area contributed by atoms with Crippen molar-refractivity contribution < 1.29 is 9.90 Å². The Morgan fingerprint density at radius 1 is 1.20 bits per heavy atom. The number of piperidine rings is 1. The highest BCUT2D eigenvalue weighted by molar-refractivity contribution is 5.70. The van der Waals surface area contributed by atoms with E-state index in [1.807, 2.05) is 0 Å². The Morgan fingerprint density at radius 2 is 1.75 bits per heavy atom. The van der Waals surface area contributed by atoms with E-state index in [1.54, 1.807) is 0 Å². The van der Waals surface area contributed by atoms with Crippen molar-refractivity contribution in [3.63, 3.8) is 0 Å². The number of likely N-dealkylation sites (tertiary alicyclic amines) is 1. The summed E-state index contributed by atoms with van der Waals surface area (Å²) in [6, 6.07) is 8.86. The molecule has 2 rings (SSSR count). The summed E-state index contributed by atoms with van der Waals surface area (Å²) in [5.74, 6) is -0.0850. The highest BCUT2D eigenvalue weighted by atomic mass is 16.4. The Hall–Kier alpha value is -1.35. The van der Waals surface area contributed by atoms with E-state index in [2.05, 4.69) is 43.0 Å². The van der Waals surface area contributed by atoms with Crippen LogP contribution < -0.4 is 0 Å². The fourth-order valence-electron chi connectivity index (χ4n) is 2.85. The average Bonchev–Trinajstić information content (AvgIpc) is 2.41. The topological polar surface area (TPSA) is 40.5 Å². The van der Waals surface area contributed by atoms with Gasteiger partial charge in [0.05, 0.1) is 5.92 Å². The van der Waals surface area contributed by atoms with Gasteiger partial charge in [-0.25, -0.2) is 0 Å². The third-order valence-electron chi connectivity index (χ3n) is 4.01. The molecule has 1 aromatic rings. The number of aliphatic carboxylic acids is 1. The largest absolute Gasteiger partial charge is 0.481 e. The second kappa shape index (κ2) is 6.89. The van der Waals surface area contributed by atoms with Crippen molar-refractivity contribution >= 4 is 5.97 Å². The number of hydrogen-bond acceptors (Lipinski definition) is 2. The fourth-order valence-corrected chi connectivity index (χ4v) is 2.85. The van der Waals surface area contributed by atoms with Crippen molar-refractivity contribution in [2.45, 2.75) is 39.7 Å². The quantitative estimate of drug-likeness (QED) is 0.897. The lowest BCUT2D eigenvalue weighted by atomic mass is 9.96. The van der Waals surface area contributed by atoms with Gasteiger partial charge in [0.15, 0.2) is 0 Å². The standard InChI is InChI=1S/C17H25NO2/c1-13(2)11-14-3-5-15(6-4-14)12-18-9-7-16(8-10-18)17(19)20/h3-6,13,16H,7-12H2,1-2H3,(H,19,20). The van der Waals surface area contributed by atoms with Crippen LogP contribution in [0.4, 0.5) is 0 Å². The number of carboxylic acids is 1. The molecule has 1 N–H and O–H groups in total. The van der Waals surface area contributed by atoms with Gasteiger partial charge in [0.25, 0.3) is 0 Å². The van der Waals surface area contributed by atoms with Gasteiger partial charge in [0.2, 0.25) is 0 Å². The Balaban J connectivity index is 1.83. The van der Waals surface area contributed by atoms with Crippen molar-refractivity contribution in [3.8, 4) is 0 Å². The summed E-state index contributed by atoms with van der Waals surface area (Å²) in [6.45, 7) is 7.20. The van der Waals surface area contributed by atoms with Gasteiger partial charge >= 0.3 is 5.97 Å². The number of hydrogen-bond donors (Lipinski definition) is 1. The summed E-state index contributed by atoms with van der Waals surface area (Å²) in [7, 11) is 0. The van der Waals surface area contributed by atoms with Crippen LogP contribution in [0.2, 0.25) is 0 Å². The summed E-state index contributed by atoms with van der Waals surface area (Å²) >= 11 is 0. The molecule has 3 nitrogen and oxygen atoms in total. The summed E-state index contributed by atoms with van der Waals surface area (Å²) in [5, 5.41) is 9.00. The maximum Gasteiger partial charge on any atom is 0.306 e. The molecule has 20 heavy (non-hydrogen) atoms. The van der Waals surface area contributed by atoms with E-state index < -0.39 is 5.97 Å². The van der Waals surface area contributed by atoms with E-state index >= 15 is 0 Å². The summed E-state index contributed by atoms with van der Waals surface area (Å²) in [5.41, 5.74) is 2.72. The average molecular weight is 275 g/mol. The molecule has 1 fully saturated rings. The van der Waals surface area contributed by atoms with Crippen LogP contribution in [0.15, 0.2) is 24.3 Å². The van der Waals surface area contributed by atoms with Crippen LogP contribution >= 0.6 is 0 Å². The fraction of sp³-hybridized carbons (Fsp3) is 0.588. The van der Waals surface area contributed by atoms with Crippen LogP contribution in [0.1, 0.15) is 37.8 Å². The van der Waals surface area contributed by atoms with Crippen LogP contribution in [0.25, 0.3) is 0 Å². The van der Waals surface area contributed by atoms with Gasteiger partial charge in [-0.3, -0.25) is 9.69 Å². The number of rotatable bonds is 5. The van der Waals surface area contributed by atoms with E-state index in [1.165, 1.54) is 11.1 Å². The van der Waals surface area contributed by atoms with Crippen molar-refractivity contribution in [2.24, 2.45) is 11.8 Å². The zero-order chi connectivity index (χ0) is 14.5. The summed E-state index contributed by atoms with van der Waals surface area (Å²) < 4.78 is 0. The molecule has 1 aliphatic rings. The molecule has 1 aromatic carbocycles. The van der Waals surface area contributed by atoms with E-state index in [9.17, 15) is 4.79 Å². The normalized spacial score (nSPS) is 17.6. The van der Waals surface area contributed by atoms with Crippen molar-refractivity contribution in [2.75, 3.05) is 13.1 Å². The van der Waals surface area contributed by atoms with Gasteiger partial charge in [0.1, 0.15) is 0 Å². The Labute approximate surface area is 121 Å². The van der Waals surface area contributed by atoms with Gasteiger partial charge in [-0.05, 0) is 49.4 Å². The maximum atomic E-state index is 10.9. The van der Waals surface area contributed by atoms with Crippen LogP contribution in [0.5, 0.6) is 0 Å². The van der Waals surface area contributed by atoms with Gasteiger partial charge in [-0.2, -0.15) is 0 Å². The second-order valence-electron chi connectivity index (χ2n) is 6.30. The highest BCUT2D eigenvalue weighted by Crippen LogP contribution is 2.19. The molecular formula is C17H25NO2. The second-order valence-corrected chi connectivity index (χ2v) is 6.30. The first kappa shape index (κ1) is 15.0. The minimum atomic E-state index is -0.636. The molecule has 0 spiro atoms. The van der Waals surface area contributed by atoms with Crippen molar-refractivity contribution in [1.82, 2.24) is 4.90 Å². The lowest BCUT2D eigenvalue weighted by Crippen LogP contribution is -2.35. The molecule has 0 atom stereocenters. The Bertz CT molecular complexity index is 431. The third kappa shape index (κ3) is 4.34. The molecule has 1 saturated heterocycles. The lowest BCUT2D eigenvalue weighted by molar-refractivity contribution is -0.143. The first-order chi connectivity index (χ1) is 9.54. The zero-order valence-corrected chi connectivity index (χ0v) is 12.5. The molecule has 0 radical (unpaired) electrons. The number of benzene rings is 1. The first-order valence-corrected chi connectivity index (χ1v) is 7.57. The molecule has 0 saturated carbocycles. The lowest BCUT2D eigenvalue weighted by Gasteiger charge is -2.30. The predicted molar refractivity (Wildman–Crippen MR) is 80.6 cm³/mol. The molecule has 1 heterocycles. The van der Waals surface area contributed by atoms with Crippen LogP contribution in [-0.2, 0) is 17.8 Å². The Morgan fingerprint density at radius 3 is 2.25 bits per heavy atom. The molecule has 0 amide bonds. The summed E-state index contributed by atoms with van der Waals surface area (Å²) in [6.07, 6.45) is 2.69. The molecule has 0 aliphatic carbocycles. The van der Waals surface area contributed by atoms with Gasteiger partial charge in [-0.15, -0.1) is 0 Å². The molecule has 110 valence electrons. The van der Waals surface area contributed by atoms with Gasteiger partial charge in [0, 0.05) is 6.54 Å². The van der Waals surface area contributed by atoms with Crippen molar-refractivity contribution in [3.05, 3.63) is 35.4 Å². The minimum Gasteiger partial charge on any atom is -0.481 e. The molecule has 0 bridgehead atoms. The SMILES string of the molecule is CC(C)Cc1ccc(CN2CCC(C(=O)O)CC2)cc1. The molecular weight excluding hydrogens is 250 g/mol. The monoisotopic (exact) mass is 275 g/mol. The van der Waals surface area contributed by atoms with Crippen LogP contribution in [0, 0.1) is 11.8 Å². The predicted octanol–water partition coefficient (Wildman–Crippen LogP) is 3.18. The first-order valence-electron chi connectivity index (χ1n) is 7.57. The number of carboxylic acid groups (broad SMARTS) is 1. The highest BCUT2D eigenvalue weighted by Gasteiger charge is 2.24. The minimum absolute atomic E-state index is 0.139. The van der Waals surface area contributed by atoms with E-state index in [-0.39, 0.29) is 5.92 Å². The molecule has 3 heteroatoms. The zero-order valence-electron chi connectivity index (χ0n) is 12.5. The molecule has 0 unspecified atom stereocenters. The maximum absolute atomic E-state index is 10.9. The van der Waals surface area contributed by atoms with Crippen LogP contribution in [0.3, 0.4) is 0 Å². The molecule has 1 aliphatic heterocycles. The number of nitrogens with zero attached hydrogens (tertiary/aromatic N) is 1. The smallest absolute Gasteiger partial charge is 0.306 e. The van der Waals surface area contributed by atoms with Gasteiger partial charge < -0.3 is 5.11 Å². The van der Waals surface area contributed by atoms with Crippen LogP contribution in [-0.4, -0.2) is 29.1 Å². The molecule has 0 aromatic heterocycles. The Kier molecular flexibility index (Phi) is 5.18. The van der Waals surface area contributed by atoms with E-state index in [0.717, 1.165) is 38.9 Å². The summed E-state index contributed by atoms with van der Waals surface area (Å²) in [4.78, 5) is 13.3. The van der Waals surface area contributed by atoms with E-state index in [0.29, 0.717) is 5.92 Å². The van der Waals surface area contributed by atoms with Crippen molar-refractivity contribution in [1.29, 1.82) is 0 Å². The number of carbonyl (C=O) groups is 1. The van der Waals surface area contributed by atoms with E-state index in [4.69, 9.17) is 5.11 Å².